The number of rotatable bonds is 9. The van der Waals surface area contributed by atoms with Gasteiger partial charge in [-0.1, -0.05) is 195 Å². The maximum absolute atomic E-state index is 12.6. The van der Waals surface area contributed by atoms with Gasteiger partial charge >= 0.3 is 0 Å². The molecule has 1 aliphatic rings. The van der Waals surface area contributed by atoms with Crippen LogP contribution in [-0.2, 0) is 9.98 Å². The highest BCUT2D eigenvalue weighted by atomic mass is 31.2. The monoisotopic (exact) mass is 771 g/mol. The van der Waals surface area contributed by atoms with Gasteiger partial charge in [-0.25, -0.2) is 15.0 Å². The van der Waals surface area contributed by atoms with Gasteiger partial charge in [-0.2, -0.15) is 0 Å². The molecule has 0 unspecified atom stereocenters. The highest BCUT2D eigenvalue weighted by Gasteiger charge is 2.35. The Kier molecular flexibility index (Phi) is 10.3. The van der Waals surface area contributed by atoms with Crippen LogP contribution in [0, 0.1) is 0 Å². The maximum Gasteiger partial charge on any atom is 0.164 e. The zero-order valence-electron chi connectivity index (χ0n) is 33.1. The summed E-state index contributed by atoms with van der Waals surface area (Å²) in [5.41, 5.74) is 12.4. The number of hydrogen-bond donors (Lipinski definition) is 0. The zero-order chi connectivity index (χ0) is 39.5. The first-order valence-electron chi connectivity index (χ1n) is 20.3. The summed E-state index contributed by atoms with van der Waals surface area (Å²) in [4.78, 5) is 15.3. The second kappa shape index (κ2) is 16.0. The molecule has 5 heteroatoms. The summed E-state index contributed by atoms with van der Waals surface area (Å²) in [5, 5.41) is 0.914. The fourth-order valence-corrected chi connectivity index (χ4v) is 9.37. The molecule has 1 heterocycles. The van der Waals surface area contributed by atoms with Gasteiger partial charge < -0.3 is 4.57 Å². The van der Waals surface area contributed by atoms with Crippen LogP contribution in [0.15, 0.2) is 182 Å². The molecular weight excluding hydrogens is 726 g/mol. The average molecular weight is 772 g/mol. The van der Waals surface area contributed by atoms with Crippen molar-refractivity contribution in [3.63, 3.8) is 0 Å². The lowest BCUT2D eigenvalue weighted by Crippen LogP contribution is -2.30. The molecule has 1 aliphatic carbocycles. The van der Waals surface area contributed by atoms with E-state index in [1.807, 2.05) is 37.6 Å². The lowest BCUT2D eigenvalue weighted by Gasteiger charge is -2.39. The van der Waals surface area contributed by atoms with Crippen LogP contribution in [0.4, 0.5) is 0 Å². The van der Waals surface area contributed by atoms with Gasteiger partial charge in [0.25, 0.3) is 0 Å². The zero-order valence-corrected chi connectivity index (χ0v) is 33.9. The van der Waals surface area contributed by atoms with E-state index in [-0.39, 0.29) is 5.41 Å². The van der Waals surface area contributed by atoms with Crippen molar-refractivity contribution in [3.05, 3.63) is 193 Å². The summed E-state index contributed by atoms with van der Waals surface area (Å²) < 4.78 is 12.6. The van der Waals surface area contributed by atoms with Crippen molar-refractivity contribution in [1.29, 1.82) is 0 Å². The molecular formula is C53H46N3OP. The molecule has 7 aromatic carbocycles. The smallest absolute Gasteiger partial charge is 0.164 e. The van der Waals surface area contributed by atoms with E-state index in [0.29, 0.717) is 17.5 Å². The molecule has 8 aromatic rings. The van der Waals surface area contributed by atoms with Crippen molar-refractivity contribution in [3.8, 4) is 67.5 Å². The van der Waals surface area contributed by atoms with Crippen LogP contribution in [-0.4, -0.2) is 28.3 Å². The lowest BCUT2D eigenvalue weighted by molar-refractivity contribution is 0.346. The summed E-state index contributed by atoms with van der Waals surface area (Å²) in [6, 6.07) is 64.2. The Balaban J connectivity index is 1.07. The summed E-state index contributed by atoms with van der Waals surface area (Å²) in [6.45, 7) is 3.65. The first-order chi connectivity index (χ1) is 28.3. The fraction of sp³-hybridized carbons (Fsp3) is 0.151. The minimum atomic E-state index is -2.29. The molecule has 0 radical (unpaired) electrons. The second-order valence-electron chi connectivity index (χ2n) is 15.9. The Morgan fingerprint density at radius 1 is 0.379 bits per heavy atom. The van der Waals surface area contributed by atoms with Gasteiger partial charge in [0.15, 0.2) is 17.5 Å². The van der Waals surface area contributed by atoms with E-state index >= 15 is 0 Å². The fourth-order valence-electron chi connectivity index (χ4n) is 8.51. The van der Waals surface area contributed by atoms with Crippen LogP contribution in [0.2, 0.25) is 0 Å². The molecule has 0 bridgehead atoms. The van der Waals surface area contributed by atoms with Gasteiger partial charge in [-0.15, -0.1) is 0 Å². The summed E-state index contributed by atoms with van der Waals surface area (Å²) in [6.07, 6.45) is 5.88. The molecule has 9 rings (SSSR count). The van der Waals surface area contributed by atoms with Crippen molar-refractivity contribution in [2.24, 2.45) is 0 Å². The summed E-state index contributed by atoms with van der Waals surface area (Å²) >= 11 is 0. The van der Waals surface area contributed by atoms with Gasteiger partial charge in [0.1, 0.15) is 7.14 Å². The van der Waals surface area contributed by atoms with Gasteiger partial charge in [-0.3, -0.25) is 0 Å². The highest BCUT2D eigenvalue weighted by molar-refractivity contribution is 7.70. The van der Waals surface area contributed by atoms with E-state index in [2.05, 4.69) is 158 Å². The molecule has 1 aromatic heterocycles. The van der Waals surface area contributed by atoms with Gasteiger partial charge in [-0.05, 0) is 76.7 Å². The van der Waals surface area contributed by atoms with Crippen LogP contribution in [0.1, 0.15) is 43.2 Å². The first-order valence-corrected chi connectivity index (χ1v) is 22.9. The second-order valence-corrected chi connectivity index (χ2v) is 19.1. The third-order valence-corrected chi connectivity index (χ3v) is 13.3. The van der Waals surface area contributed by atoms with Crippen molar-refractivity contribution < 1.29 is 4.57 Å². The average Bonchev–Trinajstić information content (AvgIpc) is 3.29. The Morgan fingerprint density at radius 2 is 0.741 bits per heavy atom. The molecule has 58 heavy (non-hydrogen) atoms. The quantitative estimate of drug-likeness (QED) is 0.137. The van der Waals surface area contributed by atoms with E-state index in [1.165, 1.54) is 41.5 Å². The van der Waals surface area contributed by atoms with E-state index in [0.717, 1.165) is 57.1 Å². The Morgan fingerprint density at radius 3 is 1.24 bits per heavy atom. The molecule has 1 saturated carbocycles. The molecule has 0 amide bonds. The minimum absolute atomic E-state index is 0.0654. The predicted molar refractivity (Wildman–Crippen MR) is 242 cm³/mol. The van der Waals surface area contributed by atoms with Crippen LogP contribution in [0.25, 0.3) is 67.5 Å². The highest BCUT2D eigenvalue weighted by Crippen LogP contribution is 2.46. The number of benzene rings is 7. The van der Waals surface area contributed by atoms with E-state index in [1.54, 1.807) is 0 Å². The van der Waals surface area contributed by atoms with Gasteiger partial charge in [0.2, 0.25) is 0 Å². The van der Waals surface area contributed by atoms with Crippen LogP contribution in [0.5, 0.6) is 0 Å². The molecule has 0 aliphatic heterocycles. The van der Waals surface area contributed by atoms with Crippen molar-refractivity contribution in [2.75, 3.05) is 13.3 Å². The predicted octanol–water partition coefficient (Wildman–Crippen LogP) is 13.4. The minimum Gasteiger partial charge on any atom is -0.319 e. The Bertz CT molecular complexity index is 2700. The van der Waals surface area contributed by atoms with Crippen LogP contribution in [0.3, 0.4) is 0 Å². The normalized spacial score (nSPS) is 13.9. The van der Waals surface area contributed by atoms with Crippen molar-refractivity contribution in [1.82, 2.24) is 15.0 Å². The molecule has 1 fully saturated rings. The molecule has 0 N–H and O–H groups in total. The SMILES string of the molecule is CP(C)(=O)c1ccc(-c2ccc(C3(c4ccc(-c5nc(-c6ccc(-c7ccccc7)cc6)nc(-c6cccc(-c7ccccc7)c6)n5)cc4)CCCCC3)cc2)cc1. The summed E-state index contributed by atoms with van der Waals surface area (Å²) in [5.74, 6) is 1.94. The number of hydrogen-bond acceptors (Lipinski definition) is 4. The number of aromatic nitrogens is 3. The first kappa shape index (κ1) is 37.4. The van der Waals surface area contributed by atoms with E-state index in [9.17, 15) is 4.57 Å². The van der Waals surface area contributed by atoms with Gasteiger partial charge in [0.05, 0.1) is 0 Å². The van der Waals surface area contributed by atoms with E-state index in [4.69, 9.17) is 15.0 Å². The molecule has 0 spiro atoms. The van der Waals surface area contributed by atoms with Crippen molar-refractivity contribution >= 4 is 12.4 Å². The lowest BCUT2D eigenvalue weighted by atomic mass is 9.65. The molecule has 0 saturated heterocycles. The van der Waals surface area contributed by atoms with Crippen LogP contribution >= 0.6 is 7.14 Å². The molecule has 0 atom stereocenters. The standard InChI is InChI=1S/C53H46N3OP/c1-58(2,57)49-33-27-42(28-34-49)41-23-29-47(30-24-41)53(35-10-5-11-36-53)48-31-25-44(26-32-48)51-54-50(43-21-19-40(20-22-43)38-13-6-3-7-14-38)55-52(56-51)46-18-12-17-45(37-46)39-15-8-4-9-16-39/h3-4,6-9,12-34,37H,5,10-11,35-36H2,1-2H3. The van der Waals surface area contributed by atoms with E-state index < -0.39 is 7.14 Å². The molecule has 284 valence electrons. The van der Waals surface area contributed by atoms with Crippen molar-refractivity contribution in [2.45, 2.75) is 37.5 Å². The summed E-state index contributed by atoms with van der Waals surface area (Å²) in [7, 11) is -2.29. The maximum atomic E-state index is 12.6. The Labute approximate surface area is 342 Å². The third-order valence-electron chi connectivity index (χ3n) is 11.8. The van der Waals surface area contributed by atoms with Crippen LogP contribution < -0.4 is 5.30 Å². The molecule has 4 nitrogen and oxygen atoms in total. The number of nitrogens with zero attached hydrogens (tertiary/aromatic N) is 3. The van der Waals surface area contributed by atoms with Gasteiger partial charge in [0, 0.05) is 27.4 Å². The topological polar surface area (TPSA) is 55.7 Å². The Hall–Kier alpha value is -6.22. The largest absolute Gasteiger partial charge is 0.319 e. The third kappa shape index (κ3) is 7.73.